The second-order valence-corrected chi connectivity index (χ2v) is 4.20. The predicted octanol–water partition coefficient (Wildman–Crippen LogP) is 2.87. The number of carbonyl (C=O) groups is 1. The van der Waals surface area contributed by atoms with Crippen molar-refractivity contribution in [2.45, 2.75) is 26.2 Å². The lowest BCUT2D eigenvalue weighted by Crippen LogP contribution is -2.04. The fourth-order valence-corrected chi connectivity index (χ4v) is 1.71. The standard InChI is InChI=1S/C14H14FNO2/c1-10-16-13(9-18-10)8-14(17)7-4-11-2-5-12(15)6-3-11/h2-3,5-6,9H,4,7-8H2,1H3. The number of carbonyl (C=O) groups excluding carboxylic acids is 1. The van der Waals surface area contributed by atoms with Crippen molar-refractivity contribution in [3.63, 3.8) is 0 Å². The van der Waals surface area contributed by atoms with Crippen LogP contribution in [-0.4, -0.2) is 10.8 Å². The predicted molar refractivity (Wildman–Crippen MR) is 64.7 cm³/mol. The van der Waals surface area contributed by atoms with Crippen LogP contribution < -0.4 is 0 Å². The van der Waals surface area contributed by atoms with Gasteiger partial charge in [0.25, 0.3) is 0 Å². The molecule has 0 atom stereocenters. The first-order valence-electron chi connectivity index (χ1n) is 5.80. The van der Waals surface area contributed by atoms with Gasteiger partial charge in [0.2, 0.25) is 0 Å². The second-order valence-electron chi connectivity index (χ2n) is 4.20. The molecule has 0 saturated heterocycles. The van der Waals surface area contributed by atoms with Gasteiger partial charge in [-0.25, -0.2) is 9.37 Å². The fourth-order valence-electron chi connectivity index (χ4n) is 1.71. The van der Waals surface area contributed by atoms with E-state index in [1.165, 1.54) is 18.4 Å². The van der Waals surface area contributed by atoms with Crippen LogP contribution in [0, 0.1) is 12.7 Å². The molecule has 0 saturated carbocycles. The molecule has 0 radical (unpaired) electrons. The summed E-state index contributed by atoms with van der Waals surface area (Å²) in [5, 5.41) is 0. The topological polar surface area (TPSA) is 43.1 Å². The Bertz CT molecular complexity index is 531. The monoisotopic (exact) mass is 247 g/mol. The highest BCUT2D eigenvalue weighted by molar-refractivity contribution is 5.80. The molecular weight excluding hydrogens is 233 g/mol. The second kappa shape index (κ2) is 5.58. The maximum absolute atomic E-state index is 12.7. The van der Waals surface area contributed by atoms with Crippen molar-refractivity contribution in [1.82, 2.24) is 4.98 Å². The molecule has 4 heteroatoms. The molecule has 0 aliphatic rings. The van der Waals surface area contributed by atoms with Gasteiger partial charge in [-0.2, -0.15) is 0 Å². The summed E-state index contributed by atoms with van der Waals surface area (Å²) in [5.74, 6) is 0.409. The van der Waals surface area contributed by atoms with Crippen molar-refractivity contribution in [3.8, 4) is 0 Å². The van der Waals surface area contributed by atoms with Gasteiger partial charge in [0.05, 0.1) is 12.1 Å². The zero-order chi connectivity index (χ0) is 13.0. The smallest absolute Gasteiger partial charge is 0.191 e. The van der Waals surface area contributed by atoms with E-state index < -0.39 is 0 Å². The largest absolute Gasteiger partial charge is 0.449 e. The number of hydrogen-bond donors (Lipinski definition) is 0. The van der Waals surface area contributed by atoms with Gasteiger partial charge >= 0.3 is 0 Å². The number of benzene rings is 1. The molecule has 0 bridgehead atoms. The Kier molecular flexibility index (Phi) is 3.87. The van der Waals surface area contributed by atoms with Crippen LogP contribution in [0.5, 0.6) is 0 Å². The number of Topliss-reactive ketones (excluding diaryl/α,β-unsaturated/α-hetero) is 1. The average Bonchev–Trinajstić information content (AvgIpc) is 2.74. The number of aromatic nitrogens is 1. The normalized spacial score (nSPS) is 10.6. The average molecular weight is 247 g/mol. The molecule has 0 aliphatic carbocycles. The van der Waals surface area contributed by atoms with Crippen LogP contribution in [0.2, 0.25) is 0 Å². The van der Waals surface area contributed by atoms with Crippen LogP contribution >= 0.6 is 0 Å². The fraction of sp³-hybridized carbons (Fsp3) is 0.286. The summed E-state index contributed by atoms with van der Waals surface area (Å²) in [6.45, 7) is 1.74. The highest BCUT2D eigenvalue weighted by Crippen LogP contribution is 2.08. The van der Waals surface area contributed by atoms with Crippen LogP contribution in [0.4, 0.5) is 4.39 Å². The third-order valence-electron chi connectivity index (χ3n) is 2.65. The van der Waals surface area contributed by atoms with Crippen molar-refractivity contribution < 1.29 is 13.6 Å². The van der Waals surface area contributed by atoms with Crippen LogP contribution in [-0.2, 0) is 17.6 Å². The van der Waals surface area contributed by atoms with Crippen LogP contribution in [0.15, 0.2) is 34.9 Å². The van der Waals surface area contributed by atoms with Gasteiger partial charge in [0.15, 0.2) is 5.89 Å². The molecular formula is C14H14FNO2. The molecule has 0 spiro atoms. The Hall–Kier alpha value is -1.97. The molecule has 0 aliphatic heterocycles. The summed E-state index contributed by atoms with van der Waals surface area (Å²) < 4.78 is 17.7. The van der Waals surface area contributed by atoms with Crippen molar-refractivity contribution >= 4 is 5.78 Å². The molecule has 1 aromatic heterocycles. The van der Waals surface area contributed by atoms with Gasteiger partial charge in [-0.15, -0.1) is 0 Å². The molecule has 94 valence electrons. The van der Waals surface area contributed by atoms with E-state index in [1.54, 1.807) is 19.1 Å². The zero-order valence-corrected chi connectivity index (χ0v) is 10.1. The Morgan fingerprint density at radius 2 is 2.06 bits per heavy atom. The molecule has 0 unspecified atom stereocenters. The van der Waals surface area contributed by atoms with Gasteiger partial charge < -0.3 is 4.42 Å². The van der Waals surface area contributed by atoms with Crippen molar-refractivity contribution in [1.29, 1.82) is 0 Å². The number of rotatable bonds is 5. The molecule has 0 N–H and O–H groups in total. The molecule has 2 aromatic rings. The molecule has 0 amide bonds. The summed E-state index contributed by atoms with van der Waals surface area (Å²) in [6.07, 6.45) is 2.84. The molecule has 0 fully saturated rings. The third kappa shape index (κ3) is 3.52. The van der Waals surface area contributed by atoms with E-state index >= 15 is 0 Å². The molecule has 3 nitrogen and oxygen atoms in total. The molecule has 18 heavy (non-hydrogen) atoms. The maximum atomic E-state index is 12.7. The number of hydrogen-bond acceptors (Lipinski definition) is 3. The van der Waals surface area contributed by atoms with E-state index in [1.807, 2.05) is 0 Å². The van der Waals surface area contributed by atoms with Crippen molar-refractivity contribution in [2.24, 2.45) is 0 Å². The number of ketones is 1. The number of nitrogens with zero attached hydrogens (tertiary/aromatic N) is 1. The Morgan fingerprint density at radius 1 is 1.33 bits per heavy atom. The van der Waals surface area contributed by atoms with E-state index in [9.17, 15) is 9.18 Å². The van der Waals surface area contributed by atoms with E-state index in [0.717, 1.165) is 5.56 Å². The van der Waals surface area contributed by atoms with Gasteiger partial charge in [-0.05, 0) is 24.1 Å². The van der Waals surface area contributed by atoms with Crippen molar-refractivity contribution in [3.05, 3.63) is 53.5 Å². The summed E-state index contributed by atoms with van der Waals surface area (Å²) in [4.78, 5) is 15.8. The highest BCUT2D eigenvalue weighted by Gasteiger charge is 2.07. The highest BCUT2D eigenvalue weighted by atomic mass is 19.1. The maximum Gasteiger partial charge on any atom is 0.191 e. The minimum absolute atomic E-state index is 0.104. The summed E-state index contributed by atoms with van der Waals surface area (Å²) in [7, 11) is 0. The lowest BCUT2D eigenvalue weighted by molar-refractivity contribution is -0.118. The first-order valence-corrected chi connectivity index (χ1v) is 5.80. The zero-order valence-electron chi connectivity index (χ0n) is 10.1. The number of oxazole rings is 1. The first-order chi connectivity index (χ1) is 8.63. The Labute approximate surface area is 105 Å². The van der Waals surface area contributed by atoms with Gasteiger partial charge in [-0.3, -0.25) is 4.79 Å². The SMILES string of the molecule is Cc1nc(CC(=O)CCc2ccc(F)cc2)co1. The minimum atomic E-state index is -0.261. The van der Waals surface area contributed by atoms with Crippen LogP contribution in [0.25, 0.3) is 0 Å². The van der Waals surface area contributed by atoms with Crippen LogP contribution in [0.1, 0.15) is 23.6 Å². The van der Waals surface area contributed by atoms with E-state index in [-0.39, 0.29) is 11.6 Å². The number of halogens is 1. The van der Waals surface area contributed by atoms with Gasteiger partial charge in [0, 0.05) is 13.3 Å². The lowest BCUT2D eigenvalue weighted by Gasteiger charge is -2.00. The molecule has 2 rings (SSSR count). The van der Waals surface area contributed by atoms with E-state index in [0.29, 0.717) is 30.8 Å². The van der Waals surface area contributed by atoms with E-state index in [4.69, 9.17) is 4.42 Å². The van der Waals surface area contributed by atoms with Gasteiger partial charge in [-0.1, -0.05) is 12.1 Å². The minimum Gasteiger partial charge on any atom is -0.449 e. The third-order valence-corrected chi connectivity index (χ3v) is 2.65. The molecule has 1 heterocycles. The first kappa shape index (κ1) is 12.5. The molecule has 1 aromatic carbocycles. The Balaban J connectivity index is 1.83. The van der Waals surface area contributed by atoms with Crippen LogP contribution in [0.3, 0.4) is 0 Å². The van der Waals surface area contributed by atoms with E-state index in [2.05, 4.69) is 4.98 Å². The Morgan fingerprint density at radius 3 is 2.67 bits per heavy atom. The lowest BCUT2D eigenvalue weighted by atomic mass is 10.1. The van der Waals surface area contributed by atoms with Crippen molar-refractivity contribution in [2.75, 3.05) is 0 Å². The number of aryl methyl sites for hydroxylation is 2. The summed E-state index contributed by atoms with van der Waals surface area (Å²) in [6, 6.07) is 6.20. The quantitative estimate of drug-likeness (QED) is 0.816. The summed E-state index contributed by atoms with van der Waals surface area (Å²) in [5.41, 5.74) is 1.62. The van der Waals surface area contributed by atoms with Gasteiger partial charge in [0.1, 0.15) is 17.9 Å². The summed E-state index contributed by atoms with van der Waals surface area (Å²) >= 11 is 0.